The Morgan fingerprint density at radius 3 is 2.71 bits per heavy atom. The standard InChI is InChI=1S/C14H28N2S/c1-12-6-4-9-16(11-7-12)10-5-8-14(2,3)13(15)17/h12H,4-11H2,1-3H3,(H2,15,17). The number of rotatable bonds is 5. The van der Waals surface area contributed by atoms with Gasteiger partial charge in [-0.15, -0.1) is 0 Å². The molecule has 1 aliphatic heterocycles. The van der Waals surface area contributed by atoms with Crippen molar-refractivity contribution in [3.63, 3.8) is 0 Å². The van der Waals surface area contributed by atoms with Gasteiger partial charge in [0.25, 0.3) is 0 Å². The summed E-state index contributed by atoms with van der Waals surface area (Å²) in [7, 11) is 0. The fraction of sp³-hybridized carbons (Fsp3) is 0.929. The zero-order chi connectivity index (χ0) is 12.9. The molecule has 0 amide bonds. The van der Waals surface area contributed by atoms with E-state index in [1.807, 2.05) is 0 Å². The maximum absolute atomic E-state index is 5.75. The molecule has 0 bridgehead atoms. The van der Waals surface area contributed by atoms with Crippen molar-refractivity contribution >= 4 is 17.2 Å². The summed E-state index contributed by atoms with van der Waals surface area (Å²) in [4.78, 5) is 3.26. The Morgan fingerprint density at radius 1 is 1.35 bits per heavy atom. The van der Waals surface area contributed by atoms with E-state index >= 15 is 0 Å². The van der Waals surface area contributed by atoms with E-state index in [1.54, 1.807) is 0 Å². The molecule has 17 heavy (non-hydrogen) atoms. The molecule has 1 rings (SSSR count). The van der Waals surface area contributed by atoms with Crippen LogP contribution >= 0.6 is 12.2 Å². The normalized spacial score (nSPS) is 23.4. The molecule has 0 spiro atoms. The summed E-state index contributed by atoms with van der Waals surface area (Å²) in [5.74, 6) is 0.910. The number of likely N-dealkylation sites (tertiary alicyclic amines) is 1. The Balaban J connectivity index is 2.24. The third kappa shape index (κ3) is 5.35. The predicted octanol–water partition coefficient (Wildman–Crippen LogP) is 3.20. The van der Waals surface area contributed by atoms with Crippen molar-refractivity contribution in [2.75, 3.05) is 19.6 Å². The molecule has 2 N–H and O–H groups in total. The molecular weight excluding hydrogens is 228 g/mol. The van der Waals surface area contributed by atoms with Crippen molar-refractivity contribution < 1.29 is 0 Å². The van der Waals surface area contributed by atoms with Crippen LogP contribution in [0.15, 0.2) is 0 Å². The Bertz CT molecular complexity index is 251. The quantitative estimate of drug-likeness (QED) is 0.766. The third-order valence-electron chi connectivity index (χ3n) is 4.05. The summed E-state index contributed by atoms with van der Waals surface area (Å²) in [6, 6.07) is 0. The van der Waals surface area contributed by atoms with E-state index in [0.29, 0.717) is 4.99 Å². The lowest BCUT2D eigenvalue weighted by Gasteiger charge is -2.25. The Morgan fingerprint density at radius 2 is 2.06 bits per heavy atom. The molecule has 100 valence electrons. The van der Waals surface area contributed by atoms with Crippen molar-refractivity contribution in [3.05, 3.63) is 0 Å². The summed E-state index contributed by atoms with van der Waals surface area (Å²) in [6.07, 6.45) is 6.43. The third-order valence-corrected chi connectivity index (χ3v) is 4.61. The summed E-state index contributed by atoms with van der Waals surface area (Å²) in [5, 5.41) is 0. The first-order valence-corrected chi connectivity index (χ1v) is 7.35. The second kappa shape index (κ2) is 6.69. The first-order valence-electron chi connectivity index (χ1n) is 6.94. The molecule has 0 aliphatic carbocycles. The number of thiocarbonyl (C=S) groups is 1. The lowest BCUT2D eigenvalue weighted by Crippen LogP contribution is -2.32. The van der Waals surface area contributed by atoms with Gasteiger partial charge in [-0.05, 0) is 57.7 Å². The van der Waals surface area contributed by atoms with Crippen molar-refractivity contribution in [1.29, 1.82) is 0 Å². The maximum atomic E-state index is 5.75. The topological polar surface area (TPSA) is 29.3 Å². The van der Waals surface area contributed by atoms with Gasteiger partial charge >= 0.3 is 0 Å². The molecule has 1 saturated heterocycles. The van der Waals surface area contributed by atoms with Crippen LogP contribution in [0.5, 0.6) is 0 Å². The van der Waals surface area contributed by atoms with Crippen LogP contribution in [0.25, 0.3) is 0 Å². The van der Waals surface area contributed by atoms with E-state index in [1.165, 1.54) is 45.3 Å². The Hall–Kier alpha value is -0.150. The zero-order valence-corrected chi connectivity index (χ0v) is 12.5. The van der Waals surface area contributed by atoms with Gasteiger partial charge in [-0.3, -0.25) is 0 Å². The van der Waals surface area contributed by atoms with Crippen molar-refractivity contribution in [3.8, 4) is 0 Å². The minimum atomic E-state index is 0.0223. The number of nitrogens with two attached hydrogens (primary N) is 1. The van der Waals surface area contributed by atoms with E-state index in [4.69, 9.17) is 18.0 Å². The van der Waals surface area contributed by atoms with Gasteiger partial charge in [0.05, 0.1) is 4.99 Å². The van der Waals surface area contributed by atoms with Gasteiger partial charge in [0, 0.05) is 5.41 Å². The van der Waals surface area contributed by atoms with Crippen LogP contribution in [0.1, 0.15) is 52.9 Å². The smallest absolute Gasteiger partial charge is 0.0784 e. The van der Waals surface area contributed by atoms with Crippen LogP contribution in [-0.2, 0) is 0 Å². The average molecular weight is 256 g/mol. The molecule has 0 aromatic rings. The van der Waals surface area contributed by atoms with Gasteiger partial charge in [-0.2, -0.15) is 0 Å². The van der Waals surface area contributed by atoms with Crippen LogP contribution in [0.2, 0.25) is 0 Å². The highest BCUT2D eigenvalue weighted by atomic mass is 32.1. The highest BCUT2D eigenvalue weighted by Gasteiger charge is 2.21. The second-order valence-corrected chi connectivity index (χ2v) is 6.67. The molecule has 0 saturated carbocycles. The second-order valence-electron chi connectivity index (χ2n) is 6.23. The highest BCUT2D eigenvalue weighted by molar-refractivity contribution is 7.80. The summed E-state index contributed by atoms with van der Waals surface area (Å²) < 4.78 is 0. The first kappa shape index (κ1) is 14.9. The van der Waals surface area contributed by atoms with E-state index in [-0.39, 0.29) is 5.41 Å². The van der Waals surface area contributed by atoms with E-state index in [2.05, 4.69) is 25.7 Å². The number of nitrogens with zero attached hydrogens (tertiary/aromatic N) is 1. The van der Waals surface area contributed by atoms with Crippen LogP contribution in [0.4, 0.5) is 0 Å². The van der Waals surface area contributed by atoms with Crippen LogP contribution < -0.4 is 5.73 Å². The lowest BCUT2D eigenvalue weighted by molar-refractivity contribution is 0.264. The summed E-state index contributed by atoms with van der Waals surface area (Å²) in [5.41, 5.74) is 5.77. The van der Waals surface area contributed by atoms with Gasteiger partial charge in [0.1, 0.15) is 0 Å². The molecule has 1 unspecified atom stereocenters. The molecular formula is C14H28N2S. The monoisotopic (exact) mass is 256 g/mol. The van der Waals surface area contributed by atoms with Crippen molar-refractivity contribution in [2.45, 2.75) is 52.9 Å². The maximum Gasteiger partial charge on any atom is 0.0784 e. The van der Waals surface area contributed by atoms with Crippen LogP contribution in [0, 0.1) is 11.3 Å². The summed E-state index contributed by atoms with van der Waals surface area (Å²) >= 11 is 5.10. The van der Waals surface area contributed by atoms with Crippen LogP contribution in [0.3, 0.4) is 0 Å². The molecule has 1 aliphatic rings. The molecule has 0 aromatic carbocycles. The largest absolute Gasteiger partial charge is 0.393 e. The average Bonchev–Trinajstić information content (AvgIpc) is 2.43. The van der Waals surface area contributed by atoms with Crippen molar-refractivity contribution in [1.82, 2.24) is 4.90 Å². The molecule has 2 nitrogen and oxygen atoms in total. The van der Waals surface area contributed by atoms with Crippen LogP contribution in [-0.4, -0.2) is 29.5 Å². The van der Waals surface area contributed by atoms with Gasteiger partial charge in [-0.25, -0.2) is 0 Å². The lowest BCUT2D eigenvalue weighted by atomic mass is 9.88. The van der Waals surface area contributed by atoms with Gasteiger partial charge in [0.2, 0.25) is 0 Å². The molecule has 3 heteroatoms. The number of hydrogen-bond donors (Lipinski definition) is 1. The van der Waals surface area contributed by atoms with E-state index in [0.717, 1.165) is 12.3 Å². The molecule has 1 fully saturated rings. The molecule has 1 atom stereocenters. The van der Waals surface area contributed by atoms with Crippen molar-refractivity contribution in [2.24, 2.45) is 17.1 Å². The first-order chi connectivity index (χ1) is 7.92. The van der Waals surface area contributed by atoms with Gasteiger partial charge in [-0.1, -0.05) is 33.0 Å². The van der Waals surface area contributed by atoms with Gasteiger partial charge in [0.15, 0.2) is 0 Å². The highest BCUT2D eigenvalue weighted by Crippen LogP contribution is 2.23. The Labute approximate surface area is 112 Å². The van der Waals surface area contributed by atoms with E-state index in [9.17, 15) is 0 Å². The SMILES string of the molecule is CC1CCCN(CCCC(C)(C)C(N)=S)CC1. The minimum Gasteiger partial charge on any atom is -0.393 e. The number of hydrogen-bond acceptors (Lipinski definition) is 2. The predicted molar refractivity (Wildman–Crippen MR) is 79.3 cm³/mol. The molecule has 0 radical (unpaired) electrons. The fourth-order valence-electron chi connectivity index (χ4n) is 2.41. The fourth-order valence-corrected chi connectivity index (χ4v) is 2.52. The van der Waals surface area contributed by atoms with Gasteiger partial charge < -0.3 is 10.6 Å². The summed E-state index contributed by atoms with van der Waals surface area (Å²) in [6.45, 7) is 10.4. The zero-order valence-electron chi connectivity index (χ0n) is 11.7. The Kier molecular flexibility index (Phi) is 5.87. The molecule has 0 aromatic heterocycles. The minimum absolute atomic E-state index is 0.0223. The molecule has 1 heterocycles. The van der Waals surface area contributed by atoms with E-state index < -0.39 is 0 Å².